The first-order valence-electron chi connectivity index (χ1n) is 6.04. The molecule has 0 spiro atoms. The maximum atomic E-state index is 6.16. The van der Waals surface area contributed by atoms with E-state index in [4.69, 9.17) is 11.6 Å². The fourth-order valence-electron chi connectivity index (χ4n) is 2.03. The van der Waals surface area contributed by atoms with Gasteiger partial charge in [-0.3, -0.25) is 0 Å². The van der Waals surface area contributed by atoms with Gasteiger partial charge in [-0.2, -0.15) is 4.98 Å². The first kappa shape index (κ1) is 13.1. The maximum Gasteiger partial charge on any atom is 0.227 e. The monoisotopic (exact) mass is 317 g/mol. The van der Waals surface area contributed by atoms with Crippen LogP contribution >= 0.6 is 27.5 Å². The molecule has 1 aliphatic rings. The molecule has 1 saturated heterocycles. The number of hydrogen-bond donors (Lipinski definition) is 0. The van der Waals surface area contributed by atoms with Gasteiger partial charge in [0.05, 0.1) is 10.2 Å². The van der Waals surface area contributed by atoms with Crippen LogP contribution < -0.4 is 4.90 Å². The lowest BCUT2D eigenvalue weighted by atomic mass is 10.1. The summed E-state index contributed by atoms with van der Waals surface area (Å²) in [6.07, 6.45) is 3.36. The Balaban J connectivity index is 2.31. The van der Waals surface area contributed by atoms with Crippen LogP contribution in [0.15, 0.2) is 4.47 Å². The van der Waals surface area contributed by atoms with Gasteiger partial charge in [-0.25, -0.2) is 4.98 Å². The van der Waals surface area contributed by atoms with Gasteiger partial charge in [0, 0.05) is 13.1 Å². The highest BCUT2D eigenvalue weighted by Gasteiger charge is 2.19. The fourth-order valence-corrected chi connectivity index (χ4v) is 2.56. The highest BCUT2D eigenvalue weighted by molar-refractivity contribution is 9.10. The largest absolute Gasteiger partial charge is 0.341 e. The Labute approximate surface area is 116 Å². The van der Waals surface area contributed by atoms with Gasteiger partial charge in [0.25, 0.3) is 0 Å². The van der Waals surface area contributed by atoms with Gasteiger partial charge in [-0.1, -0.05) is 25.4 Å². The number of aromatic nitrogens is 2. The lowest BCUT2D eigenvalue weighted by molar-refractivity contribution is 0.630. The van der Waals surface area contributed by atoms with Crippen LogP contribution in [0.2, 0.25) is 5.15 Å². The molecule has 94 valence electrons. The lowest BCUT2D eigenvalue weighted by Crippen LogP contribution is -2.21. The van der Waals surface area contributed by atoms with Crippen molar-refractivity contribution < 1.29 is 0 Å². The maximum absolute atomic E-state index is 6.16. The zero-order chi connectivity index (χ0) is 12.4. The summed E-state index contributed by atoms with van der Waals surface area (Å²) in [4.78, 5) is 11.2. The van der Waals surface area contributed by atoms with Crippen molar-refractivity contribution in [2.24, 2.45) is 5.92 Å². The quantitative estimate of drug-likeness (QED) is 0.796. The van der Waals surface area contributed by atoms with E-state index >= 15 is 0 Å². The van der Waals surface area contributed by atoms with Gasteiger partial charge >= 0.3 is 0 Å². The summed E-state index contributed by atoms with van der Waals surface area (Å²) in [7, 11) is 0. The highest BCUT2D eigenvalue weighted by atomic mass is 79.9. The zero-order valence-electron chi connectivity index (χ0n) is 10.2. The SMILES string of the molecule is CC(C)Cc1nc(N2CCCC2)nc(Cl)c1Br. The smallest absolute Gasteiger partial charge is 0.227 e. The molecule has 1 aliphatic heterocycles. The number of halogens is 2. The minimum absolute atomic E-state index is 0.526. The van der Waals surface area contributed by atoms with Crippen molar-refractivity contribution in [2.75, 3.05) is 18.0 Å². The Hall–Kier alpha value is -0.350. The van der Waals surface area contributed by atoms with Crippen molar-refractivity contribution in [3.63, 3.8) is 0 Å². The molecule has 2 rings (SSSR count). The third-order valence-electron chi connectivity index (χ3n) is 2.86. The zero-order valence-corrected chi connectivity index (χ0v) is 12.6. The lowest BCUT2D eigenvalue weighted by Gasteiger charge is -2.17. The molecule has 0 unspecified atom stereocenters. The van der Waals surface area contributed by atoms with Crippen LogP contribution in [0.4, 0.5) is 5.95 Å². The van der Waals surface area contributed by atoms with Gasteiger partial charge in [-0.05, 0) is 41.1 Å². The molecular formula is C12H17BrClN3. The third kappa shape index (κ3) is 3.10. The molecule has 0 radical (unpaired) electrons. The van der Waals surface area contributed by atoms with E-state index in [9.17, 15) is 0 Å². The molecule has 17 heavy (non-hydrogen) atoms. The van der Waals surface area contributed by atoms with E-state index in [-0.39, 0.29) is 0 Å². The van der Waals surface area contributed by atoms with Crippen LogP contribution in [-0.2, 0) is 6.42 Å². The van der Waals surface area contributed by atoms with E-state index in [0.717, 1.165) is 35.6 Å². The topological polar surface area (TPSA) is 29.0 Å². The Kier molecular flexibility index (Phi) is 4.26. The van der Waals surface area contributed by atoms with Crippen LogP contribution in [0.25, 0.3) is 0 Å². The summed E-state index contributed by atoms with van der Waals surface area (Å²) in [6.45, 7) is 6.44. The Bertz CT molecular complexity index is 403. The van der Waals surface area contributed by atoms with Gasteiger partial charge in [0.2, 0.25) is 5.95 Å². The number of anilines is 1. The third-order valence-corrected chi connectivity index (χ3v) is 4.19. The molecule has 1 fully saturated rings. The van der Waals surface area contributed by atoms with Gasteiger partial charge in [0.15, 0.2) is 0 Å². The molecule has 0 atom stereocenters. The Morgan fingerprint density at radius 1 is 1.29 bits per heavy atom. The summed E-state index contributed by atoms with van der Waals surface area (Å²) in [5.74, 6) is 1.34. The normalized spacial score (nSPS) is 15.9. The first-order valence-corrected chi connectivity index (χ1v) is 7.22. The minimum atomic E-state index is 0.526. The Morgan fingerprint density at radius 2 is 1.94 bits per heavy atom. The summed E-state index contributed by atoms with van der Waals surface area (Å²) in [5, 5.41) is 0.526. The second kappa shape index (κ2) is 5.53. The Morgan fingerprint density at radius 3 is 2.53 bits per heavy atom. The van der Waals surface area contributed by atoms with E-state index in [1.807, 2.05) is 0 Å². The first-order chi connectivity index (χ1) is 8.08. The van der Waals surface area contributed by atoms with E-state index in [1.165, 1.54) is 12.8 Å². The van der Waals surface area contributed by atoms with Crippen LogP contribution in [0.3, 0.4) is 0 Å². The molecule has 0 saturated carbocycles. The van der Waals surface area contributed by atoms with Crippen molar-refractivity contribution in [3.05, 3.63) is 15.3 Å². The van der Waals surface area contributed by atoms with Crippen molar-refractivity contribution in [1.29, 1.82) is 0 Å². The second-order valence-corrected chi connectivity index (χ2v) is 6.02. The summed E-state index contributed by atoms with van der Waals surface area (Å²) >= 11 is 9.63. The molecule has 0 N–H and O–H groups in total. The second-order valence-electron chi connectivity index (χ2n) is 4.87. The van der Waals surface area contributed by atoms with Crippen LogP contribution in [0.5, 0.6) is 0 Å². The summed E-state index contributed by atoms with van der Waals surface area (Å²) in [5.41, 5.74) is 1.02. The van der Waals surface area contributed by atoms with E-state index in [0.29, 0.717) is 11.1 Å². The van der Waals surface area contributed by atoms with E-state index < -0.39 is 0 Å². The molecule has 0 aromatic carbocycles. The van der Waals surface area contributed by atoms with Crippen LogP contribution in [-0.4, -0.2) is 23.1 Å². The molecule has 0 bridgehead atoms. The average Bonchev–Trinajstić information content (AvgIpc) is 2.77. The standard InChI is InChI=1S/C12H17BrClN3/c1-8(2)7-9-10(13)11(14)16-12(15-9)17-5-3-4-6-17/h8H,3-7H2,1-2H3. The summed E-state index contributed by atoms with van der Waals surface area (Å²) < 4.78 is 0.843. The molecule has 2 heterocycles. The molecule has 0 amide bonds. The number of hydrogen-bond acceptors (Lipinski definition) is 3. The molecule has 3 nitrogen and oxygen atoms in total. The number of rotatable bonds is 3. The molecule has 1 aromatic heterocycles. The van der Waals surface area contributed by atoms with Crippen molar-refractivity contribution in [2.45, 2.75) is 33.1 Å². The van der Waals surface area contributed by atoms with Gasteiger partial charge in [0.1, 0.15) is 5.15 Å². The highest BCUT2D eigenvalue weighted by Crippen LogP contribution is 2.28. The summed E-state index contributed by atoms with van der Waals surface area (Å²) in [6, 6.07) is 0. The van der Waals surface area contributed by atoms with E-state index in [1.54, 1.807) is 0 Å². The average molecular weight is 319 g/mol. The molecular weight excluding hydrogens is 302 g/mol. The fraction of sp³-hybridized carbons (Fsp3) is 0.667. The predicted molar refractivity (Wildman–Crippen MR) is 74.7 cm³/mol. The van der Waals surface area contributed by atoms with Gasteiger partial charge in [-0.15, -0.1) is 0 Å². The molecule has 5 heteroatoms. The van der Waals surface area contributed by atoms with Gasteiger partial charge < -0.3 is 4.90 Å². The van der Waals surface area contributed by atoms with Crippen molar-refractivity contribution in [1.82, 2.24) is 9.97 Å². The van der Waals surface area contributed by atoms with Crippen molar-refractivity contribution in [3.8, 4) is 0 Å². The molecule has 0 aliphatic carbocycles. The predicted octanol–water partition coefficient (Wildman–Crippen LogP) is 3.69. The van der Waals surface area contributed by atoms with Crippen LogP contribution in [0.1, 0.15) is 32.4 Å². The minimum Gasteiger partial charge on any atom is -0.341 e. The van der Waals surface area contributed by atoms with Crippen LogP contribution in [0, 0.1) is 5.92 Å². The molecule has 1 aromatic rings. The van der Waals surface area contributed by atoms with Crippen molar-refractivity contribution >= 4 is 33.5 Å². The number of nitrogens with zero attached hydrogens (tertiary/aromatic N) is 3. The van der Waals surface area contributed by atoms with E-state index in [2.05, 4.69) is 44.6 Å².